The molecule has 0 fully saturated rings. The van der Waals surface area contributed by atoms with Crippen molar-refractivity contribution in [3.63, 3.8) is 0 Å². The number of benzene rings is 3. The minimum Gasteiger partial charge on any atom is -0.387 e. The number of aromatic nitrogens is 4. The Kier molecular flexibility index (Phi) is 5.45. The zero-order chi connectivity index (χ0) is 27.2. The van der Waals surface area contributed by atoms with E-state index in [0.29, 0.717) is 0 Å². The molecule has 5 heterocycles. The predicted octanol–water partition coefficient (Wildman–Crippen LogP) is 8.04. The topological polar surface area (TPSA) is 55.6 Å². The van der Waals surface area contributed by atoms with Crippen LogP contribution in [0, 0.1) is 0 Å². The van der Waals surface area contributed by atoms with Gasteiger partial charge in [-0.2, -0.15) is 0 Å². The third kappa shape index (κ3) is 3.98. The molecule has 0 saturated heterocycles. The van der Waals surface area contributed by atoms with Crippen molar-refractivity contribution in [2.24, 2.45) is 0 Å². The van der Waals surface area contributed by atoms with E-state index in [1.54, 1.807) is 0 Å². The van der Waals surface area contributed by atoms with Gasteiger partial charge in [-0.1, -0.05) is 66.7 Å². The Morgan fingerprint density at radius 1 is 0.659 bits per heavy atom. The van der Waals surface area contributed by atoms with Crippen LogP contribution in [0.15, 0.2) is 128 Å². The van der Waals surface area contributed by atoms with Gasteiger partial charge in [0, 0.05) is 35.5 Å². The Hall–Kier alpha value is -5.55. The molecule has 0 radical (unpaired) electrons. The fourth-order valence-corrected chi connectivity index (χ4v) is 5.86. The molecule has 0 unspecified atom stereocenters. The molecule has 1 N–H and O–H groups in total. The van der Waals surface area contributed by atoms with Crippen LogP contribution in [-0.2, 0) is 6.54 Å². The Bertz CT molecular complexity index is 2080. The Labute approximate surface area is 237 Å². The van der Waals surface area contributed by atoms with Crippen LogP contribution in [0.4, 0.5) is 0 Å². The smallest absolute Gasteiger partial charge is 0.137 e. The summed E-state index contributed by atoms with van der Waals surface area (Å²) in [5, 5.41) is 7.01. The summed E-state index contributed by atoms with van der Waals surface area (Å²) in [5.41, 5.74) is 9.36. The fraction of sp³-hybridized carbons (Fsp3) is 0.0278. The second-order valence-electron chi connectivity index (χ2n) is 10.2. The highest BCUT2D eigenvalue weighted by atomic mass is 15.1. The molecule has 1 aliphatic heterocycles. The number of para-hydroxylation sites is 1. The molecule has 1 aliphatic rings. The van der Waals surface area contributed by atoms with E-state index in [4.69, 9.17) is 9.97 Å². The molecular weight excluding hydrogens is 502 g/mol. The minimum atomic E-state index is 0.804. The second kappa shape index (κ2) is 9.57. The van der Waals surface area contributed by atoms with Crippen molar-refractivity contribution >= 4 is 27.8 Å². The monoisotopic (exact) mass is 527 g/mol. The summed E-state index contributed by atoms with van der Waals surface area (Å²) < 4.78 is 2.24. The first-order chi connectivity index (χ1) is 20.3. The standard InChI is InChI=1S/C36H25N5/c1-2-10-27-24(8-1)9-7-12-28(27)26-20-32(40-33(21-26)31-13-5-6-18-38-31)25-15-16-36(39-22-25)41-34-14-4-3-11-29(34)30-23-37-19-17-35(30)41/h1-22,37H,23H2. The molecule has 0 saturated carbocycles. The number of hydrogen-bond acceptors (Lipinski definition) is 4. The van der Waals surface area contributed by atoms with E-state index < -0.39 is 0 Å². The maximum Gasteiger partial charge on any atom is 0.137 e. The van der Waals surface area contributed by atoms with Gasteiger partial charge < -0.3 is 5.32 Å². The van der Waals surface area contributed by atoms with Crippen LogP contribution in [0.25, 0.3) is 67.3 Å². The molecule has 0 amide bonds. The lowest BCUT2D eigenvalue weighted by molar-refractivity contribution is 0.852. The average Bonchev–Trinajstić information content (AvgIpc) is 3.39. The van der Waals surface area contributed by atoms with Crippen LogP contribution in [0.5, 0.6) is 0 Å². The number of nitrogens with one attached hydrogen (secondary N) is 1. The third-order valence-electron chi connectivity index (χ3n) is 7.78. The molecule has 5 heteroatoms. The van der Waals surface area contributed by atoms with Crippen molar-refractivity contribution in [1.82, 2.24) is 24.8 Å². The van der Waals surface area contributed by atoms with Gasteiger partial charge in [0.2, 0.25) is 0 Å². The first kappa shape index (κ1) is 23.3. The van der Waals surface area contributed by atoms with Crippen LogP contribution >= 0.6 is 0 Å². The summed E-state index contributed by atoms with van der Waals surface area (Å²) in [6.07, 6.45) is 7.87. The van der Waals surface area contributed by atoms with Gasteiger partial charge in [-0.05, 0) is 76.6 Å². The molecule has 41 heavy (non-hydrogen) atoms. The summed E-state index contributed by atoms with van der Waals surface area (Å²) >= 11 is 0. The number of nitrogens with zero attached hydrogens (tertiary/aromatic N) is 4. The molecule has 7 aromatic rings. The van der Waals surface area contributed by atoms with Crippen LogP contribution in [0.1, 0.15) is 11.3 Å². The van der Waals surface area contributed by atoms with Gasteiger partial charge in [0.1, 0.15) is 5.82 Å². The zero-order valence-corrected chi connectivity index (χ0v) is 22.2. The van der Waals surface area contributed by atoms with E-state index in [-0.39, 0.29) is 0 Å². The summed E-state index contributed by atoms with van der Waals surface area (Å²) in [6, 6.07) is 37.9. The first-order valence-corrected chi connectivity index (χ1v) is 13.7. The summed E-state index contributed by atoms with van der Waals surface area (Å²) in [7, 11) is 0. The van der Waals surface area contributed by atoms with Crippen molar-refractivity contribution in [3.8, 4) is 39.6 Å². The number of fused-ring (bicyclic) bond motifs is 4. The summed E-state index contributed by atoms with van der Waals surface area (Å²) in [4.78, 5) is 14.6. The maximum atomic E-state index is 5.06. The van der Waals surface area contributed by atoms with Gasteiger partial charge in [0.05, 0.1) is 28.3 Å². The normalized spacial score (nSPS) is 12.4. The van der Waals surface area contributed by atoms with Gasteiger partial charge in [-0.15, -0.1) is 0 Å². The van der Waals surface area contributed by atoms with Crippen molar-refractivity contribution in [2.75, 3.05) is 0 Å². The van der Waals surface area contributed by atoms with E-state index in [9.17, 15) is 0 Å². The van der Waals surface area contributed by atoms with E-state index in [1.807, 2.05) is 36.8 Å². The highest BCUT2D eigenvalue weighted by Gasteiger charge is 2.19. The van der Waals surface area contributed by atoms with Crippen molar-refractivity contribution in [3.05, 3.63) is 139 Å². The Morgan fingerprint density at radius 2 is 1.49 bits per heavy atom. The van der Waals surface area contributed by atoms with E-state index in [0.717, 1.165) is 46.1 Å². The lowest BCUT2D eigenvalue weighted by Gasteiger charge is -2.14. The molecule has 0 spiro atoms. The molecule has 0 aliphatic carbocycles. The summed E-state index contributed by atoms with van der Waals surface area (Å²) in [5.74, 6) is 0.882. The number of pyridine rings is 3. The molecule has 194 valence electrons. The van der Waals surface area contributed by atoms with E-state index in [1.165, 1.54) is 33.0 Å². The second-order valence-corrected chi connectivity index (χ2v) is 10.2. The van der Waals surface area contributed by atoms with Crippen LogP contribution in [-0.4, -0.2) is 19.5 Å². The molecule has 0 bridgehead atoms. The quantitative estimate of drug-likeness (QED) is 0.252. The Balaban J connectivity index is 1.28. The number of rotatable bonds is 4. The van der Waals surface area contributed by atoms with Gasteiger partial charge in [-0.3, -0.25) is 9.55 Å². The van der Waals surface area contributed by atoms with Gasteiger partial charge in [0.25, 0.3) is 0 Å². The average molecular weight is 528 g/mol. The van der Waals surface area contributed by atoms with Crippen molar-refractivity contribution in [2.45, 2.75) is 6.54 Å². The number of hydrogen-bond donors (Lipinski definition) is 1. The summed E-state index contributed by atoms with van der Waals surface area (Å²) in [6.45, 7) is 0.804. The highest BCUT2D eigenvalue weighted by Crippen LogP contribution is 2.35. The van der Waals surface area contributed by atoms with Crippen molar-refractivity contribution in [1.29, 1.82) is 0 Å². The van der Waals surface area contributed by atoms with Gasteiger partial charge >= 0.3 is 0 Å². The molecule has 4 aromatic heterocycles. The van der Waals surface area contributed by atoms with Crippen LogP contribution in [0.3, 0.4) is 0 Å². The van der Waals surface area contributed by atoms with Gasteiger partial charge in [-0.25, -0.2) is 9.97 Å². The first-order valence-electron chi connectivity index (χ1n) is 13.7. The molecule has 0 atom stereocenters. The zero-order valence-electron chi connectivity index (χ0n) is 22.2. The molecule has 3 aromatic carbocycles. The maximum absolute atomic E-state index is 5.06. The largest absolute Gasteiger partial charge is 0.387 e. The lowest BCUT2D eigenvalue weighted by atomic mass is 9.96. The molecule has 5 nitrogen and oxygen atoms in total. The highest BCUT2D eigenvalue weighted by molar-refractivity contribution is 5.97. The van der Waals surface area contributed by atoms with Gasteiger partial charge in [0.15, 0.2) is 0 Å². The van der Waals surface area contributed by atoms with Crippen LogP contribution < -0.4 is 5.32 Å². The van der Waals surface area contributed by atoms with Crippen LogP contribution in [0.2, 0.25) is 0 Å². The SMILES string of the molecule is C1=Cc2c(c3ccccc3n2-c2ccc(-c3cc(-c4cccc5ccccc45)cc(-c4ccccn4)n3)cn2)CN1. The fourth-order valence-electron chi connectivity index (χ4n) is 5.86. The Morgan fingerprint density at radius 3 is 2.37 bits per heavy atom. The minimum absolute atomic E-state index is 0.804. The lowest BCUT2D eigenvalue weighted by Crippen LogP contribution is -2.11. The van der Waals surface area contributed by atoms with Crippen molar-refractivity contribution < 1.29 is 0 Å². The molecular formula is C36H25N5. The molecule has 8 rings (SSSR count). The van der Waals surface area contributed by atoms with E-state index in [2.05, 4.69) is 112 Å². The predicted molar refractivity (Wildman–Crippen MR) is 166 cm³/mol. The van der Waals surface area contributed by atoms with E-state index >= 15 is 0 Å². The third-order valence-corrected chi connectivity index (χ3v) is 7.78.